The molecule has 4 saturated carbocycles. The molecule has 10 atom stereocenters. The van der Waals surface area contributed by atoms with E-state index in [1.165, 1.54) is 38.5 Å². The fourth-order valence-electron chi connectivity index (χ4n) is 9.56. The standard InChI is InChI=1S/C29H46O4/c1-19(7-6-15-30)22-9-10-23-27-24(12-14-29(22,23)3)28(2)13-11-21(17-20(28)18-25(27)31)33-26-8-4-5-16-32-26/h15,19-24,26-27H,4-14,16-18H2,1-3H3/t19-,20?,21-,22-,23?,24?,26?,27?,28+,29-/m1/s1. The maximum absolute atomic E-state index is 13.7. The van der Waals surface area contributed by atoms with Crippen LogP contribution in [0, 0.1) is 46.3 Å². The molecule has 1 saturated heterocycles. The zero-order valence-electron chi connectivity index (χ0n) is 21.2. The van der Waals surface area contributed by atoms with Gasteiger partial charge in [0, 0.05) is 25.4 Å². The summed E-state index contributed by atoms with van der Waals surface area (Å²) >= 11 is 0. The summed E-state index contributed by atoms with van der Waals surface area (Å²) in [5.74, 6) is 3.66. The Morgan fingerprint density at radius 2 is 1.85 bits per heavy atom. The molecule has 33 heavy (non-hydrogen) atoms. The molecule has 0 bridgehead atoms. The summed E-state index contributed by atoms with van der Waals surface area (Å²) in [7, 11) is 0. The third-order valence-electron chi connectivity index (χ3n) is 11.4. The number of ketones is 1. The molecule has 4 aliphatic carbocycles. The van der Waals surface area contributed by atoms with E-state index < -0.39 is 0 Å². The lowest BCUT2D eigenvalue weighted by molar-refractivity contribution is -0.211. The van der Waals surface area contributed by atoms with Gasteiger partial charge < -0.3 is 14.3 Å². The zero-order chi connectivity index (χ0) is 23.2. The van der Waals surface area contributed by atoms with Crippen LogP contribution < -0.4 is 0 Å². The first kappa shape index (κ1) is 24.0. The number of hydrogen-bond acceptors (Lipinski definition) is 4. The van der Waals surface area contributed by atoms with Crippen LogP contribution in [0.15, 0.2) is 0 Å². The first-order chi connectivity index (χ1) is 15.9. The van der Waals surface area contributed by atoms with Crippen molar-refractivity contribution in [3.63, 3.8) is 0 Å². The van der Waals surface area contributed by atoms with E-state index >= 15 is 0 Å². The number of ether oxygens (including phenoxy) is 2. The third kappa shape index (κ3) is 4.15. The van der Waals surface area contributed by atoms with E-state index in [0.717, 1.165) is 51.4 Å². The molecule has 5 rings (SSSR count). The molecular formula is C29H46O4. The Hall–Kier alpha value is -0.740. The number of rotatable bonds is 6. The highest BCUT2D eigenvalue weighted by atomic mass is 16.7. The van der Waals surface area contributed by atoms with Gasteiger partial charge in [-0.05, 0) is 111 Å². The molecule has 5 unspecified atom stereocenters. The van der Waals surface area contributed by atoms with Gasteiger partial charge in [-0.3, -0.25) is 4.79 Å². The Bertz CT molecular complexity index is 729. The molecule has 4 nitrogen and oxygen atoms in total. The van der Waals surface area contributed by atoms with Gasteiger partial charge in [0.1, 0.15) is 12.1 Å². The van der Waals surface area contributed by atoms with Crippen LogP contribution in [-0.2, 0) is 19.1 Å². The fraction of sp³-hybridized carbons (Fsp3) is 0.931. The predicted octanol–water partition coefficient (Wildman–Crippen LogP) is 6.35. The van der Waals surface area contributed by atoms with Gasteiger partial charge in [0.25, 0.3) is 0 Å². The predicted molar refractivity (Wildman–Crippen MR) is 129 cm³/mol. The van der Waals surface area contributed by atoms with Gasteiger partial charge >= 0.3 is 0 Å². The molecular weight excluding hydrogens is 412 g/mol. The van der Waals surface area contributed by atoms with Crippen LogP contribution in [0.3, 0.4) is 0 Å². The fourth-order valence-corrected chi connectivity index (χ4v) is 9.56. The Labute approximate surface area is 200 Å². The molecule has 0 aromatic heterocycles. The minimum atomic E-state index is -0.0211. The second kappa shape index (κ2) is 9.37. The summed E-state index contributed by atoms with van der Waals surface area (Å²) in [6.07, 6.45) is 15.4. The van der Waals surface area contributed by atoms with Crippen LogP contribution in [0.2, 0.25) is 0 Å². The molecule has 0 spiro atoms. The largest absolute Gasteiger partial charge is 0.353 e. The first-order valence-electron chi connectivity index (χ1n) is 14.1. The molecule has 186 valence electrons. The molecule has 0 aromatic carbocycles. The maximum atomic E-state index is 13.7. The third-order valence-corrected chi connectivity index (χ3v) is 11.4. The number of Topliss-reactive ketones (excluding diaryl/α,β-unsaturated/α-hetero) is 1. The van der Waals surface area contributed by atoms with E-state index in [1.807, 2.05) is 0 Å². The average Bonchev–Trinajstić information content (AvgIpc) is 3.16. The Kier molecular flexibility index (Phi) is 6.81. The zero-order valence-corrected chi connectivity index (χ0v) is 21.2. The highest BCUT2D eigenvalue weighted by molar-refractivity contribution is 5.83. The Morgan fingerprint density at radius 1 is 1.06 bits per heavy atom. The maximum Gasteiger partial charge on any atom is 0.157 e. The summed E-state index contributed by atoms with van der Waals surface area (Å²) in [4.78, 5) is 24.7. The van der Waals surface area contributed by atoms with E-state index in [2.05, 4.69) is 20.8 Å². The van der Waals surface area contributed by atoms with Gasteiger partial charge in [0.2, 0.25) is 0 Å². The first-order valence-corrected chi connectivity index (χ1v) is 14.1. The number of fused-ring (bicyclic) bond motifs is 5. The van der Waals surface area contributed by atoms with Crippen molar-refractivity contribution in [2.75, 3.05) is 6.61 Å². The summed E-state index contributed by atoms with van der Waals surface area (Å²) in [6.45, 7) is 8.21. The molecule has 0 aromatic rings. The smallest absolute Gasteiger partial charge is 0.157 e. The van der Waals surface area contributed by atoms with E-state index in [9.17, 15) is 9.59 Å². The quantitative estimate of drug-likeness (QED) is 0.344. The van der Waals surface area contributed by atoms with Crippen molar-refractivity contribution in [1.82, 2.24) is 0 Å². The van der Waals surface area contributed by atoms with Crippen LogP contribution in [0.4, 0.5) is 0 Å². The van der Waals surface area contributed by atoms with Crippen LogP contribution in [0.25, 0.3) is 0 Å². The summed E-state index contributed by atoms with van der Waals surface area (Å²) in [5, 5.41) is 0. The second-order valence-electron chi connectivity index (χ2n) is 12.9. The minimum absolute atomic E-state index is 0.0211. The van der Waals surface area contributed by atoms with E-state index in [0.29, 0.717) is 41.8 Å². The van der Waals surface area contributed by atoms with Gasteiger partial charge in [-0.15, -0.1) is 0 Å². The molecule has 0 amide bonds. The van der Waals surface area contributed by atoms with E-state index in [1.54, 1.807) is 0 Å². The lowest BCUT2D eigenvalue weighted by atomic mass is 9.44. The summed E-state index contributed by atoms with van der Waals surface area (Å²) in [6, 6.07) is 0. The van der Waals surface area contributed by atoms with Gasteiger partial charge in [-0.25, -0.2) is 0 Å². The normalized spacial score (nSPS) is 48.5. The molecule has 5 aliphatic rings. The second-order valence-corrected chi connectivity index (χ2v) is 12.9. The van der Waals surface area contributed by atoms with Crippen molar-refractivity contribution >= 4 is 12.1 Å². The highest BCUT2D eigenvalue weighted by Gasteiger charge is 2.63. The molecule has 4 heteroatoms. The average molecular weight is 459 g/mol. The van der Waals surface area contributed by atoms with Crippen molar-refractivity contribution in [1.29, 1.82) is 0 Å². The number of aldehydes is 1. The molecule has 1 aliphatic heterocycles. The van der Waals surface area contributed by atoms with Crippen molar-refractivity contribution in [2.24, 2.45) is 46.3 Å². The monoisotopic (exact) mass is 458 g/mol. The minimum Gasteiger partial charge on any atom is -0.353 e. The van der Waals surface area contributed by atoms with Crippen LogP contribution in [0.1, 0.15) is 104 Å². The lowest BCUT2D eigenvalue weighted by Gasteiger charge is -2.60. The lowest BCUT2D eigenvalue weighted by Crippen LogP contribution is -2.57. The SMILES string of the molecule is C[C@H](CCC=O)[C@H]1CCC2C3C(=O)CC4C[C@H](OC5CCCCO5)CC[C@]4(C)C3CC[C@@]21C. The summed E-state index contributed by atoms with van der Waals surface area (Å²) < 4.78 is 12.2. The highest BCUT2D eigenvalue weighted by Crippen LogP contribution is 2.67. The van der Waals surface area contributed by atoms with Gasteiger partial charge in [0.15, 0.2) is 6.29 Å². The summed E-state index contributed by atoms with van der Waals surface area (Å²) in [5.41, 5.74) is 0.565. The van der Waals surface area contributed by atoms with Crippen LogP contribution >= 0.6 is 0 Å². The topological polar surface area (TPSA) is 52.6 Å². The van der Waals surface area contributed by atoms with Gasteiger partial charge in [-0.1, -0.05) is 20.8 Å². The molecule has 1 heterocycles. The molecule has 5 fully saturated rings. The number of carbonyl (C=O) groups is 2. The number of hydrogen-bond donors (Lipinski definition) is 0. The molecule has 0 N–H and O–H groups in total. The van der Waals surface area contributed by atoms with Crippen molar-refractivity contribution in [2.45, 2.75) is 117 Å². The van der Waals surface area contributed by atoms with Crippen molar-refractivity contribution in [3.05, 3.63) is 0 Å². The van der Waals surface area contributed by atoms with Crippen molar-refractivity contribution in [3.8, 4) is 0 Å². The van der Waals surface area contributed by atoms with Gasteiger partial charge in [-0.2, -0.15) is 0 Å². The Morgan fingerprint density at radius 3 is 2.61 bits per heavy atom. The van der Waals surface area contributed by atoms with E-state index in [-0.39, 0.29) is 29.1 Å². The molecule has 0 radical (unpaired) electrons. The number of carbonyl (C=O) groups excluding carboxylic acids is 2. The van der Waals surface area contributed by atoms with Crippen LogP contribution in [0.5, 0.6) is 0 Å². The van der Waals surface area contributed by atoms with Crippen molar-refractivity contribution < 1.29 is 19.1 Å². The van der Waals surface area contributed by atoms with Gasteiger partial charge in [0.05, 0.1) is 6.10 Å². The van der Waals surface area contributed by atoms with Crippen LogP contribution in [-0.4, -0.2) is 31.1 Å². The Balaban J connectivity index is 1.29. The van der Waals surface area contributed by atoms with E-state index in [4.69, 9.17) is 9.47 Å².